The molecule has 0 aliphatic rings. The zero-order valence-electron chi connectivity index (χ0n) is 10.8. The van der Waals surface area contributed by atoms with Gasteiger partial charge in [-0.15, -0.1) is 0 Å². The molecule has 2 N–H and O–H groups in total. The molecule has 0 fully saturated rings. The third kappa shape index (κ3) is 5.77. The lowest BCUT2D eigenvalue weighted by atomic mass is 10.1. The molecule has 19 heavy (non-hydrogen) atoms. The molecule has 1 aromatic carbocycles. The molecule has 8 heteroatoms. The van der Waals surface area contributed by atoms with Crippen LogP contribution in [0.2, 0.25) is 0 Å². The van der Waals surface area contributed by atoms with E-state index in [2.05, 4.69) is 10.0 Å². The Morgan fingerprint density at radius 2 is 1.84 bits per heavy atom. The monoisotopic (exact) mass is 287 g/mol. The maximum Gasteiger partial charge on any atom is 0.269 e. The molecule has 0 aliphatic carbocycles. The van der Waals surface area contributed by atoms with E-state index in [1.54, 1.807) is 12.1 Å². The van der Waals surface area contributed by atoms with Gasteiger partial charge >= 0.3 is 0 Å². The summed E-state index contributed by atoms with van der Waals surface area (Å²) in [6.45, 7) is 2.68. The maximum atomic E-state index is 10.8. The van der Waals surface area contributed by atoms with Gasteiger partial charge in [0.25, 0.3) is 5.69 Å². The number of hydrogen-bond donors (Lipinski definition) is 2. The summed E-state index contributed by atoms with van der Waals surface area (Å²) >= 11 is 0. The summed E-state index contributed by atoms with van der Waals surface area (Å²) in [4.78, 5) is 10.1. The lowest BCUT2D eigenvalue weighted by Crippen LogP contribution is -2.32. The molecule has 1 aromatic rings. The molecule has 0 bridgehead atoms. The van der Waals surface area contributed by atoms with Crippen molar-refractivity contribution in [2.45, 2.75) is 13.0 Å². The summed E-state index contributed by atoms with van der Waals surface area (Å²) in [5.41, 5.74) is 0.958. The van der Waals surface area contributed by atoms with Crippen molar-refractivity contribution in [3.8, 4) is 0 Å². The molecule has 0 aliphatic heterocycles. The van der Waals surface area contributed by atoms with Crippen molar-refractivity contribution >= 4 is 15.7 Å². The smallest absolute Gasteiger partial charge is 0.269 e. The topological polar surface area (TPSA) is 101 Å². The van der Waals surface area contributed by atoms with Crippen LogP contribution in [0.25, 0.3) is 0 Å². The number of benzene rings is 1. The van der Waals surface area contributed by atoms with Gasteiger partial charge in [-0.05, 0) is 12.5 Å². The molecule has 0 saturated heterocycles. The highest BCUT2D eigenvalue weighted by molar-refractivity contribution is 7.88. The van der Waals surface area contributed by atoms with Gasteiger partial charge in [0.05, 0.1) is 11.2 Å². The van der Waals surface area contributed by atoms with Crippen LogP contribution >= 0.6 is 0 Å². The van der Waals surface area contributed by atoms with Crippen LogP contribution in [0.5, 0.6) is 0 Å². The first-order valence-corrected chi connectivity index (χ1v) is 7.61. The number of non-ortho nitro benzene ring substituents is 1. The predicted octanol–water partition coefficient (Wildman–Crippen LogP) is 0.795. The number of nitro groups is 1. The number of sulfonamides is 1. The first kappa shape index (κ1) is 15.5. The van der Waals surface area contributed by atoms with Crippen LogP contribution < -0.4 is 10.0 Å². The molecule has 1 rings (SSSR count). The van der Waals surface area contributed by atoms with Crippen molar-refractivity contribution in [3.05, 3.63) is 39.9 Å². The highest BCUT2D eigenvalue weighted by Gasteiger charge is 2.08. The first-order chi connectivity index (χ1) is 8.79. The van der Waals surface area contributed by atoms with Crippen molar-refractivity contribution in [2.75, 3.05) is 19.3 Å². The van der Waals surface area contributed by atoms with Crippen molar-refractivity contribution in [3.63, 3.8) is 0 Å². The van der Waals surface area contributed by atoms with E-state index in [1.165, 1.54) is 12.1 Å². The Hall–Kier alpha value is -1.51. The van der Waals surface area contributed by atoms with E-state index < -0.39 is 14.9 Å². The van der Waals surface area contributed by atoms with Crippen molar-refractivity contribution in [1.82, 2.24) is 10.0 Å². The number of rotatable bonds is 7. The van der Waals surface area contributed by atoms with Crippen LogP contribution in [0.4, 0.5) is 5.69 Å². The van der Waals surface area contributed by atoms with Crippen molar-refractivity contribution < 1.29 is 13.3 Å². The van der Waals surface area contributed by atoms with E-state index in [9.17, 15) is 18.5 Å². The van der Waals surface area contributed by atoms with Crippen molar-refractivity contribution in [2.24, 2.45) is 0 Å². The average molecular weight is 287 g/mol. The van der Waals surface area contributed by atoms with Crippen LogP contribution in [0, 0.1) is 10.1 Å². The number of nitrogens with zero attached hydrogens (tertiary/aromatic N) is 1. The highest BCUT2D eigenvalue weighted by atomic mass is 32.2. The Kier molecular flexibility index (Phi) is 5.40. The lowest BCUT2D eigenvalue weighted by molar-refractivity contribution is -0.384. The summed E-state index contributed by atoms with van der Waals surface area (Å²) in [5.74, 6) is 0. The average Bonchev–Trinajstić information content (AvgIpc) is 2.33. The van der Waals surface area contributed by atoms with Gasteiger partial charge < -0.3 is 5.32 Å². The fraction of sp³-hybridized carbons (Fsp3) is 0.455. The molecule has 1 atom stereocenters. The predicted molar refractivity (Wildman–Crippen MR) is 72.4 cm³/mol. The van der Waals surface area contributed by atoms with Gasteiger partial charge in [-0.2, -0.15) is 0 Å². The Morgan fingerprint density at radius 1 is 1.26 bits per heavy atom. The summed E-state index contributed by atoms with van der Waals surface area (Å²) in [5, 5.41) is 13.6. The molecule has 106 valence electrons. The van der Waals surface area contributed by atoms with Crippen molar-refractivity contribution in [1.29, 1.82) is 0 Å². The summed E-state index contributed by atoms with van der Waals surface area (Å²) in [6, 6.07) is 6.24. The van der Waals surface area contributed by atoms with Crippen LogP contribution in [0.1, 0.15) is 18.5 Å². The Bertz CT molecular complexity index is 527. The van der Waals surface area contributed by atoms with E-state index in [0.29, 0.717) is 13.1 Å². The fourth-order valence-corrected chi connectivity index (χ4v) is 2.00. The molecule has 0 amide bonds. The van der Waals surface area contributed by atoms with Gasteiger partial charge in [-0.1, -0.05) is 12.1 Å². The summed E-state index contributed by atoms with van der Waals surface area (Å²) < 4.78 is 24.1. The van der Waals surface area contributed by atoms with E-state index in [0.717, 1.165) is 11.8 Å². The second-order valence-corrected chi connectivity index (χ2v) is 6.02. The number of nitrogens with one attached hydrogen (secondary N) is 2. The Labute approximate surface area is 112 Å². The van der Waals surface area contributed by atoms with Gasteiger partial charge in [0.1, 0.15) is 0 Å². The van der Waals surface area contributed by atoms with E-state index in [-0.39, 0.29) is 11.7 Å². The van der Waals surface area contributed by atoms with Gasteiger partial charge in [0.15, 0.2) is 0 Å². The summed E-state index contributed by atoms with van der Waals surface area (Å²) in [6.07, 6.45) is 1.10. The first-order valence-electron chi connectivity index (χ1n) is 5.72. The number of nitro benzene ring substituents is 1. The molecular formula is C11H17N3O4S. The Morgan fingerprint density at radius 3 is 2.32 bits per heavy atom. The van der Waals surface area contributed by atoms with Crippen LogP contribution in [0.3, 0.4) is 0 Å². The third-order valence-electron chi connectivity index (χ3n) is 2.54. The SMILES string of the molecule is CC(NCCNS(C)(=O)=O)c1ccc([N+](=O)[O-])cc1. The quantitative estimate of drug-likeness (QED) is 0.438. The van der Waals surface area contributed by atoms with E-state index in [1.807, 2.05) is 6.92 Å². The fourth-order valence-electron chi connectivity index (χ4n) is 1.53. The Balaban J connectivity index is 2.45. The molecular weight excluding hydrogens is 270 g/mol. The molecule has 1 unspecified atom stereocenters. The minimum Gasteiger partial charge on any atom is -0.309 e. The van der Waals surface area contributed by atoms with E-state index in [4.69, 9.17) is 0 Å². The minimum atomic E-state index is -3.17. The normalized spacial score (nSPS) is 13.2. The van der Waals surface area contributed by atoms with E-state index >= 15 is 0 Å². The highest BCUT2D eigenvalue weighted by Crippen LogP contribution is 2.17. The maximum absolute atomic E-state index is 10.8. The van der Waals surface area contributed by atoms with Gasteiger partial charge in [-0.25, -0.2) is 13.1 Å². The minimum absolute atomic E-state index is 0.0119. The molecule has 0 heterocycles. The molecule has 0 radical (unpaired) electrons. The molecule has 0 aromatic heterocycles. The molecule has 0 spiro atoms. The van der Waals surface area contributed by atoms with Crippen LogP contribution in [-0.2, 0) is 10.0 Å². The molecule has 0 saturated carbocycles. The van der Waals surface area contributed by atoms with Gasteiger partial charge in [-0.3, -0.25) is 10.1 Å². The zero-order valence-corrected chi connectivity index (χ0v) is 11.6. The second-order valence-electron chi connectivity index (χ2n) is 4.19. The second kappa shape index (κ2) is 6.60. The van der Waals surface area contributed by atoms with Gasteiger partial charge in [0.2, 0.25) is 10.0 Å². The summed E-state index contributed by atoms with van der Waals surface area (Å²) in [7, 11) is -3.17. The van der Waals surface area contributed by atoms with Crippen LogP contribution in [0.15, 0.2) is 24.3 Å². The van der Waals surface area contributed by atoms with Crippen LogP contribution in [-0.4, -0.2) is 32.7 Å². The largest absolute Gasteiger partial charge is 0.309 e. The molecule has 7 nitrogen and oxygen atoms in total. The standard InChI is InChI=1S/C11H17N3O4S/c1-9(12-7-8-13-19(2,17)18)10-3-5-11(6-4-10)14(15)16/h3-6,9,12-13H,7-8H2,1-2H3. The lowest BCUT2D eigenvalue weighted by Gasteiger charge is -2.14. The third-order valence-corrected chi connectivity index (χ3v) is 3.27. The van der Waals surface area contributed by atoms with Gasteiger partial charge in [0, 0.05) is 31.3 Å². The number of hydrogen-bond acceptors (Lipinski definition) is 5. The zero-order chi connectivity index (χ0) is 14.5.